The van der Waals surface area contributed by atoms with E-state index in [2.05, 4.69) is 19.2 Å². The zero-order valence-corrected chi connectivity index (χ0v) is 10.1. The summed E-state index contributed by atoms with van der Waals surface area (Å²) in [6.07, 6.45) is -0.431. The van der Waals surface area contributed by atoms with Gasteiger partial charge in [0.25, 0.3) is 0 Å². The molecule has 1 atom stereocenters. The van der Waals surface area contributed by atoms with Gasteiger partial charge in [-0.15, -0.1) is 0 Å². The Kier molecular flexibility index (Phi) is 5.83. The number of aliphatic hydroxyl groups is 2. The summed E-state index contributed by atoms with van der Waals surface area (Å²) in [5, 5.41) is 20.2. The maximum absolute atomic E-state index is 11.5. The quantitative estimate of drug-likeness (QED) is 0.608. The highest BCUT2D eigenvalue weighted by Crippen LogP contribution is 2.29. The second kappa shape index (κ2) is 6.08. The van der Waals surface area contributed by atoms with Crippen molar-refractivity contribution in [3.8, 4) is 0 Å². The van der Waals surface area contributed by atoms with E-state index in [1.807, 2.05) is 13.8 Å². The normalized spacial score (nSPS) is 14.1. The topological polar surface area (TPSA) is 69.6 Å². The summed E-state index contributed by atoms with van der Waals surface area (Å²) in [5.41, 5.74) is -0.0474. The Balaban J connectivity index is 3.94. The molecule has 0 aliphatic rings. The minimum absolute atomic E-state index is 0.0474. The lowest BCUT2D eigenvalue weighted by Crippen LogP contribution is -2.37. The predicted molar refractivity (Wildman–Crippen MR) is 59.3 cm³/mol. The number of hydrogen-bond acceptors (Lipinski definition) is 3. The molecule has 0 aliphatic carbocycles. The van der Waals surface area contributed by atoms with Crippen LogP contribution < -0.4 is 5.32 Å². The Morgan fingerprint density at radius 3 is 2.33 bits per heavy atom. The predicted octanol–water partition coefficient (Wildman–Crippen LogP) is 0.528. The molecule has 0 fully saturated rings. The van der Waals surface area contributed by atoms with Crippen molar-refractivity contribution in [2.45, 2.75) is 40.2 Å². The third-order valence-corrected chi connectivity index (χ3v) is 2.92. The summed E-state index contributed by atoms with van der Waals surface area (Å²) in [7, 11) is 0. The first-order valence-electron chi connectivity index (χ1n) is 5.35. The monoisotopic (exact) mass is 217 g/mol. The number of hydrogen-bond donors (Lipinski definition) is 3. The van der Waals surface area contributed by atoms with Gasteiger partial charge in [0.1, 0.15) is 0 Å². The second-order valence-electron chi connectivity index (χ2n) is 4.96. The maximum Gasteiger partial charge on any atom is 0.220 e. The molecule has 0 aromatic heterocycles. The lowest BCUT2D eigenvalue weighted by Gasteiger charge is -2.28. The lowest BCUT2D eigenvalue weighted by molar-refractivity contribution is -0.124. The first-order valence-corrected chi connectivity index (χ1v) is 5.35. The van der Waals surface area contributed by atoms with Gasteiger partial charge in [-0.1, -0.05) is 27.7 Å². The molecule has 90 valence electrons. The second-order valence-corrected chi connectivity index (χ2v) is 4.96. The molecular weight excluding hydrogens is 194 g/mol. The van der Waals surface area contributed by atoms with Gasteiger partial charge in [0, 0.05) is 13.0 Å². The number of carbonyl (C=O) groups is 1. The van der Waals surface area contributed by atoms with Gasteiger partial charge in [-0.05, 0) is 11.3 Å². The molecule has 0 saturated carbocycles. The van der Waals surface area contributed by atoms with Gasteiger partial charge in [0.05, 0.1) is 12.7 Å². The van der Waals surface area contributed by atoms with Crippen LogP contribution in [0.4, 0.5) is 0 Å². The molecule has 0 heterocycles. The van der Waals surface area contributed by atoms with Crippen molar-refractivity contribution < 1.29 is 15.0 Å². The van der Waals surface area contributed by atoms with E-state index in [0.29, 0.717) is 12.3 Å². The van der Waals surface area contributed by atoms with Crippen molar-refractivity contribution in [1.82, 2.24) is 5.32 Å². The molecule has 0 aliphatic heterocycles. The molecular formula is C11H23NO3. The Hall–Kier alpha value is -0.610. The highest BCUT2D eigenvalue weighted by molar-refractivity contribution is 5.76. The van der Waals surface area contributed by atoms with Crippen molar-refractivity contribution in [1.29, 1.82) is 0 Å². The average Bonchev–Trinajstić information content (AvgIpc) is 2.13. The smallest absolute Gasteiger partial charge is 0.220 e. The fraction of sp³-hybridized carbons (Fsp3) is 0.909. The number of carbonyl (C=O) groups excluding carboxylic acids is 1. The van der Waals surface area contributed by atoms with Crippen LogP contribution in [0.25, 0.3) is 0 Å². The molecule has 0 rings (SSSR count). The Morgan fingerprint density at radius 1 is 1.40 bits per heavy atom. The van der Waals surface area contributed by atoms with Crippen LogP contribution in [0.5, 0.6) is 0 Å². The molecule has 0 aromatic carbocycles. The van der Waals surface area contributed by atoms with Crippen molar-refractivity contribution in [3.63, 3.8) is 0 Å². The molecule has 1 unspecified atom stereocenters. The largest absolute Gasteiger partial charge is 0.394 e. The summed E-state index contributed by atoms with van der Waals surface area (Å²) in [6.45, 7) is 8.03. The fourth-order valence-electron chi connectivity index (χ4n) is 0.977. The van der Waals surface area contributed by atoms with E-state index in [1.54, 1.807) is 0 Å². The van der Waals surface area contributed by atoms with Crippen molar-refractivity contribution >= 4 is 5.91 Å². The Bertz CT molecular complexity index is 202. The summed E-state index contributed by atoms with van der Waals surface area (Å²) in [6, 6.07) is 0. The molecule has 1 amide bonds. The standard InChI is InChI=1S/C11H23NO3/c1-8(2)11(3,4)5-10(15)12-6-9(14)7-13/h8-9,13-14H,5-7H2,1-4H3,(H,12,15). The maximum atomic E-state index is 11.5. The minimum atomic E-state index is -0.865. The van der Waals surface area contributed by atoms with Gasteiger partial charge < -0.3 is 15.5 Å². The highest BCUT2D eigenvalue weighted by Gasteiger charge is 2.25. The molecule has 0 bridgehead atoms. The van der Waals surface area contributed by atoms with Gasteiger partial charge in [0.15, 0.2) is 0 Å². The third-order valence-electron chi connectivity index (χ3n) is 2.92. The van der Waals surface area contributed by atoms with Crippen LogP contribution in [0.15, 0.2) is 0 Å². The molecule has 0 spiro atoms. The summed E-state index contributed by atoms with van der Waals surface area (Å²) in [4.78, 5) is 11.5. The summed E-state index contributed by atoms with van der Waals surface area (Å²) >= 11 is 0. The number of rotatable bonds is 6. The van der Waals surface area contributed by atoms with Crippen LogP contribution in [-0.2, 0) is 4.79 Å². The fourth-order valence-corrected chi connectivity index (χ4v) is 0.977. The Labute approximate surface area is 91.7 Å². The zero-order chi connectivity index (χ0) is 12.1. The van der Waals surface area contributed by atoms with Gasteiger partial charge >= 0.3 is 0 Å². The first-order chi connectivity index (χ1) is 6.79. The number of aliphatic hydroxyl groups excluding tert-OH is 2. The van der Waals surface area contributed by atoms with Crippen LogP contribution >= 0.6 is 0 Å². The van der Waals surface area contributed by atoms with E-state index >= 15 is 0 Å². The van der Waals surface area contributed by atoms with Crippen molar-refractivity contribution in [2.24, 2.45) is 11.3 Å². The van der Waals surface area contributed by atoms with Crippen LogP contribution in [0, 0.1) is 11.3 Å². The van der Waals surface area contributed by atoms with Crippen LogP contribution in [0.3, 0.4) is 0 Å². The summed E-state index contributed by atoms with van der Waals surface area (Å²) < 4.78 is 0. The number of amides is 1. The highest BCUT2D eigenvalue weighted by atomic mass is 16.3. The van der Waals surface area contributed by atoms with Gasteiger partial charge in [0.2, 0.25) is 5.91 Å². The zero-order valence-electron chi connectivity index (χ0n) is 10.1. The van der Waals surface area contributed by atoms with Crippen LogP contribution in [-0.4, -0.2) is 35.4 Å². The lowest BCUT2D eigenvalue weighted by atomic mass is 9.78. The van der Waals surface area contributed by atoms with E-state index in [0.717, 1.165) is 0 Å². The van der Waals surface area contributed by atoms with E-state index in [4.69, 9.17) is 10.2 Å². The molecule has 4 heteroatoms. The van der Waals surface area contributed by atoms with E-state index in [9.17, 15) is 4.79 Å². The van der Waals surface area contributed by atoms with E-state index in [-0.39, 0.29) is 24.5 Å². The van der Waals surface area contributed by atoms with Gasteiger partial charge in [-0.25, -0.2) is 0 Å². The van der Waals surface area contributed by atoms with Gasteiger partial charge in [-0.3, -0.25) is 4.79 Å². The van der Waals surface area contributed by atoms with E-state index in [1.165, 1.54) is 0 Å². The van der Waals surface area contributed by atoms with Crippen LogP contribution in [0.2, 0.25) is 0 Å². The SMILES string of the molecule is CC(C)C(C)(C)CC(=O)NCC(O)CO. The van der Waals surface area contributed by atoms with E-state index < -0.39 is 6.10 Å². The molecule has 15 heavy (non-hydrogen) atoms. The molecule has 4 nitrogen and oxygen atoms in total. The molecule has 0 saturated heterocycles. The Morgan fingerprint density at radius 2 is 1.93 bits per heavy atom. The average molecular weight is 217 g/mol. The third kappa shape index (κ3) is 5.74. The molecule has 3 N–H and O–H groups in total. The summed E-state index contributed by atoms with van der Waals surface area (Å²) in [5.74, 6) is 0.340. The number of nitrogens with one attached hydrogen (secondary N) is 1. The molecule has 0 aromatic rings. The first kappa shape index (κ1) is 14.4. The molecule has 0 radical (unpaired) electrons. The van der Waals surface area contributed by atoms with Crippen molar-refractivity contribution in [3.05, 3.63) is 0 Å². The minimum Gasteiger partial charge on any atom is -0.394 e. The van der Waals surface area contributed by atoms with Crippen molar-refractivity contribution in [2.75, 3.05) is 13.2 Å². The van der Waals surface area contributed by atoms with Crippen LogP contribution in [0.1, 0.15) is 34.1 Å². The van der Waals surface area contributed by atoms with Gasteiger partial charge in [-0.2, -0.15) is 0 Å².